The summed E-state index contributed by atoms with van der Waals surface area (Å²) >= 11 is 0. The summed E-state index contributed by atoms with van der Waals surface area (Å²) in [7, 11) is 0. The van der Waals surface area contributed by atoms with E-state index in [1.807, 2.05) is 12.1 Å². The Labute approximate surface area is 150 Å². The van der Waals surface area contributed by atoms with Gasteiger partial charge in [-0.1, -0.05) is 31.4 Å². The number of tetrazole rings is 1. The largest absolute Gasteiger partial charge is 0.289 e. The van der Waals surface area contributed by atoms with Crippen molar-refractivity contribution in [3.05, 3.63) is 47.5 Å². The van der Waals surface area contributed by atoms with Crippen LogP contribution in [0.2, 0.25) is 0 Å². The average molecular weight is 352 g/mol. The Morgan fingerprint density at radius 1 is 1.19 bits per heavy atom. The second-order valence-electron chi connectivity index (χ2n) is 6.54. The van der Waals surface area contributed by atoms with Crippen LogP contribution in [-0.2, 0) is 6.54 Å². The number of hydrogen-bond donors (Lipinski definition) is 2. The average Bonchev–Trinajstić information content (AvgIpc) is 3.35. The highest BCUT2D eigenvalue weighted by Gasteiger charge is 2.19. The summed E-state index contributed by atoms with van der Waals surface area (Å²) in [5.41, 5.74) is 1.56. The standard InChI is InChI=1S/C17H20N8O/c26-16(14-8-6-12(7-9-14)10-25-11-18-23-24-25)20-17-19-15(21-22-17)13-4-2-1-3-5-13/h6-9,11,13H,1-5,10H2,(H2,19,20,21,22,26). The van der Waals surface area contributed by atoms with Crippen molar-refractivity contribution < 1.29 is 4.79 Å². The van der Waals surface area contributed by atoms with Crippen molar-refractivity contribution in [2.45, 2.75) is 44.6 Å². The van der Waals surface area contributed by atoms with Crippen molar-refractivity contribution >= 4 is 11.9 Å². The molecule has 1 aliphatic carbocycles. The van der Waals surface area contributed by atoms with Gasteiger partial charge >= 0.3 is 0 Å². The molecule has 0 aliphatic heterocycles. The molecule has 2 N–H and O–H groups in total. The van der Waals surface area contributed by atoms with Gasteiger partial charge in [0.25, 0.3) is 5.91 Å². The van der Waals surface area contributed by atoms with E-state index in [1.165, 1.54) is 19.3 Å². The fourth-order valence-electron chi connectivity index (χ4n) is 3.26. The van der Waals surface area contributed by atoms with Crippen LogP contribution in [0.1, 0.15) is 59.8 Å². The molecule has 9 heteroatoms. The van der Waals surface area contributed by atoms with Crippen LogP contribution in [0.4, 0.5) is 5.95 Å². The van der Waals surface area contributed by atoms with E-state index in [0.29, 0.717) is 24.0 Å². The van der Waals surface area contributed by atoms with Crippen molar-refractivity contribution in [2.24, 2.45) is 0 Å². The second kappa shape index (κ2) is 7.42. The first-order chi connectivity index (χ1) is 12.8. The monoisotopic (exact) mass is 352 g/mol. The third-order valence-corrected chi connectivity index (χ3v) is 4.67. The highest BCUT2D eigenvalue weighted by Crippen LogP contribution is 2.30. The van der Waals surface area contributed by atoms with Crippen molar-refractivity contribution in [3.63, 3.8) is 0 Å². The molecule has 0 radical (unpaired) electrons. The van der Waals surface area contributed by atoms with Gasteiger partial charge in [-0.25, -0.2) is 4.68 Å². The van der Waals surface area contributed by atoms with E-state index < -0.39 is 0 Å². The Morgan fingerprint density at radius 2 is 2.00 bits per heavy atom. The minimum Gasteiger partial charge on any atom is -0.289 e. The smallest absolute Gasteiger partial charge is 0.258 e. The van der Waals surface area contributed by atoms with Crippen LogP contribution in [0.5, 0.6) is 0 Å². The number of hydrogen-bond acceptors (Lipinski definition) is 6. The summed E-state index contributed by atoms with van der Waals surface area (Å²) in [5, 5.41) is 20.9. The summed E-state index contributed by atoms with van der Waals surface area (Å²) < 4.78 is 1.62. The maximum absolute atomic E-state index is 12.4. The van der Waals surface area contributed by atoms with Crippen molar-refractivity contribution in [3.8, 4) is 0 Å². The van der Waals surface area contributed by atoms with E-state index in [0.717, 1.165) is 24.2 Å². The van der Waals surface area contributed by atoms with E-state index >= 15 is 0 Å². The number of rotatable bonds is 5. The van der Waals surface area contributed by atoms with Gasteiger partial charge in [0, 0.05) is 11.5 Å². The molecule has 0 unspecified atom stereocenters. The Hall–Kier alpha value is -3.10. The van der Waals surface area contributed by atoms with Gasteiger partial charge < -0.3 is 0 Å². The number of carbonyl (C=O) groups is 1. The predicted molar refractivity (Wildman–Crippen MR) is 93.5 cm³/mol. The van der Waals surface area contributed by atoms with Gasteiger partial charge in [0.2, 0.25) is 5.95 Å². The first kappa shape index (κ1) is 16.4. The zero-order valence-electron chi connectivity index (χ0n) is 14.3. The number of carbonyl (C=O) groups excluding carboxylic acids is 1. The summed E-state index contributed by atoms with van der Waals surface area (Å²) in [4.78, 5) is 16.8. The normalized spacial score (nSPS) is 15.1. The third kappa shape index (κ3) is 3.76. The molecule has 2 aromatic heterocycles. The third-order valence-electron chi connectivity index (χ3n) is 4.67. The van der Waals surface area contributed by atoms with Gasteiger partial charge in [0.1, 0.15) is 12.2 Å². The SMILES string of the molecule is O=C(Nc1n[nH]c(C2CCCCC2)n1)c1ccc(Cn2cnnn2)cc1. The first-order valence-corrected chi connectivity index (χ1v) is 8.81. The van der Waals surface area contributed by atoms with E-state index in [1.54, 1.807) is 23.1 Å². The molecule has 0 bridgehead atoms. The Balaban J connectivity index is 1.37. The summed E-state index contributed by atoms with van der Waals surface area (Å²) in [6.07, 6.45) is 7.55. The molecular weight excluding hydrogens is 332 g/mol. The molecule has 9 nitrogen and oxygen atoms in total. The van der Waals surface area contributed by atoms with Gasteiger partial charge in [0.05, 0.1) is 6.54 Å². The van der Waals surface area contributed by atoms with Crippen molar-refractivity contribution in [1.29, 1.82) is 0 Å². The highest BCUT2D eigenvalue weighted by atomic mass is 16.1. The first-order valence-electron chi connectivity index (χ1n) is 8.81. The Bertz CT molecular complexity index is 849. The summed E-state index contributed by atoms with van der Waals surface area (Å²) in [6.45, 7) is 0.556. The molecule has 0 spiro atoms. The number of H-pyrrole nitrogens is 1. The Kier molecular flexibility index (Phi) is 4.67. The maximum Gasteiger partial charge on any atom is 0.258 e. The van der Waals surface area contributed by atoms with E-state index in [9.17, 15) is 4.79 Å². The van der Waals surface area contributed by atoms with Gasteiger partial charge in [-0.3, -0.25) is 15.2 Å². The summed E-state index contributed by atoms with van der Waals surface area (Å²) in [6, 6.07) is 7.29. The molecule has 1 amide bonds. The number of benzene rings is 1. The van der Waals surface area contributed by atoms with Crippen molar-refractivity contribution in [2.75, 3.05) is 5.32 Å². The zero-order chi connectivity index (χ0) is 17.8. The number of amides is 1. The minimum atomic E-state index is -0.229. The topological polar surface area (TPSA) is 114 Å². The number of anilines is 1. The van der Waals surface area contributed by atoms with Crippen LogP contribution in [0.25, 0.3) is 0 Å². The van der Waals surface area contributed by atoms with Crippen LogP contribution in [0.15, 0.2) is 30.6 Å². The molecule has 1 saturated carbocycles. The van der Waals surface area contributed by atoms with Crippen LogP contribution in [0, 0.1) is 0 Å². The van der Waals surface area contributed by atoms with Gasteiger partial charge in [0.15, 0.2) is 0 Å². The molecule has 1 aliphatic rings. The van der Waals surface area contributed by atoms with Crippen molar-refractivity contribution in [1.82, 2.24) is 35.4 Å². The van der Waals surface area contributed by atoms with Crippen LogP contribution in [-0.4, -0.2) is 41.3 Å². The molecule has 0 saturated heterocycles. The molecule has 4 rings (SSSR count). The molecule has 0 atom stereocenters. The van der Waals surface area contributed by atoms with Gasteiger partial charge in [-0.05, 0) is 41.0 Å². The van der Waals surface area contributed by atoms with Gasteiger partial charge in [-0.2, -0.15) is 4.98 Å². The lowest BCUT2D eigenvalue weighted by Gasteiger charge is -2.18. The lowest BCUT2D eigenvalue weighted by molar-refractivity contribution is 0.102. The fourth-order valence-corrected chi connectivity index (χ4v) is 3.26. The molecule has 26 heavy (non-hydrogen) atoms. The van der Waals surface area contributed by atoms with Crippen LogP contribution < -0.4 is 5.32 Å². The summed E-state index contributed by atoms with van der Waals surface area (Å²) in [5.74, 6) is 1.39. The molecule has 2 heterocycles. The van der Waals surface area contributed by atoms with E-state index in [-0.39, 0.29) is 5.91 Å². The quantitative estimate of drug-likeness (QED) is 0.727. The molecule has 3 aromatic rings. The molecule has 1 fully saturated rings. The van der Waals surface area contributed by atoms with Crippen LogP contribution >= 0.6 is 0 Å². The lowest BCUT2D eigenvalue weighted by Crippen LogP contribution is -2.13. The second-order valence-corrected chi connectivity index (χ2v) is 6.54. The Morgan fingerprint density at radius 3 is 2.73 bits per heavy atom. The number of nitrogens with zero attached hydrogens (tertiary/aromatic N) is 6. The fraction of sp³-hybridized carbons (Fsp3) is 0.412. The lowest BCUT2D eigenvalue weighted by atomic mass is 9.89. The molecular formula is C17H20N8O. The predicted octanol–water partition coefficient (Wildman–Crippen LogP) is 2.14. The number of aromatic nitrogens is 7. The highest BCUT2D eigenvalue weighted by molar-refractivity contribution is 6.03. The zero-order valence-corrected chi connectivity index (χ0v) is 14.3. The van der Waals surface area contributed by atoms with E-state index in [4.69, 9.17) is 0 Å². The number of nitrogens with one attached hydrogen (secondary N) is 2. The van der Waals surface area contributed by atoms with Crippen LogP contribution in [0.3, 0.4) is 0 Å². The minimum absolute atomic E-state index is 0.229. The maximum atomic E-state index is 12.4. The molecule has 134 valence electrons. The van der Waals surface area contributed by atoms with Gasteiger partial charge in [-0.15, -0.1) is 10.2 Å². The molecule has 1 aromatic carbocycles. The van der Waals surface area contributed by atoms with E-state index in [2.05, 4.69) is 36.0 Å². The number of aromatic amines is 1.